The summed E-state index contributed by atoms with van der Waals surface area (Å²) < 4.78 is 11.3. The van der Waals surface area contributed by atoms with Gasteiger partial charge in [-0.15, -0.1) is 6.58 Å². The number of hydrogen-bond donors (Lipinski definition) is 0. The average molecular weight is 446 g/mol. The Morgan fingerprint density at radius 2 is 1.97 bits per heavy atom. The monoisotopic (exact) mass is 445 g/mol. The number of carbonyl (C=O) groups is 2. The van der Waals surface area contributed by atoms with Crippen molar-refractivity contribution in [2.75, 3.05) is 13.7 Å². The molecule has 5 nitrogen and oxygen atoms in total. The summed E-state index contributed by atoms with van der Waals surface area (Å²) >= 11 is 12.3. The fraction of sp³-hybridized carbons (Fsp3) is 0.0952. The summed E-state index contributed by atoms with van der Waals surface area (Å²) in [5.74, 6) is -0.0680. The fourth-order valence-electron chi connectivity index (χ4n) is 2.54. The number of halogens is 1. The van der Waals surface area contributed by atoms with Gasteiger partial charge in [-0.1, -0.05) is 47.7 Å². The summed E-state index contributed by atoms with van der Waals surface area (Å²) in [4.78, 5) is 26.8. The van der Waals surface area contributed by atoms with E-state index in [4.69, 9.17) is 33.3 Å². The molecule has 2 aromatic carbocycles. The SMILES string of the molecule is C=CCN1C(=O)C(=Cc2ccc(OC(=O)c3ccc(Cl)cc3)c(OC)c2)SC1=S. The third-order valence-electron chi connectivity index (χ3n) is 3.95. The first kappa shape index (κ1) is 21.1. The van der Waals surface area contributed by atoms with E-state index in [2.05, 4.69) is 6.58 Å². The smallest absolute Gasteiger partial charge is 0.343 e. The molecule has 1 amide bonds. The molecule has 1 aliphatic rings. The number of nitrogens with zero attached hydrogens (tertiary/aromatic N) is 1. The highest BCUT2D eigenvalue weighted by molar-refractivity contribution is 8.26. The van der Waals surface area contributed by atoms with E-state index in [0.29, 0.717) is 37.7 Å². The number of benzene rings is 2. The first-order valence-corrected chi connectivity index (χ1v) is 10.0. The van der Waals surface area contributed by atoms with Crippen molar-refractivity contribution >= 4 is 57.9 Å². The predicted octanol–water partition coefficient (Wildman–Crippen LogP) is 4.96. The van der Waals surface area contributed by atoms with Gasteiger partial charge in [0.1, 0.15) is 4.32 Å². The first-order valence-electron chi connectivity index (χ1n) is 8.45. The van der Waals surface area contributed by atoms with Crippen molar-refractivity contribution in [2.45, 2.75) is 0 Å². The summed E-state index contributed by atoms with van der Waals surface area (Å²) in [6.45, 7) is 4.00. The zero-order valence-corrected chi connectivity index (χ0v) is 17.8. The lowest BCUT2D eigenvalue weighted by Gasteiger charge is -2.11. The van der Waals surface area contributed by atoms with Gasteiger partial charge >= 0.3 is 5.97 Å². The van der Waals surface area contributed by atoms with Crippen LogP contribution in [0, 0.1) is 0 Å². The molecule has 0 spiro atoms. The molecule has 0 N–H and O–H groups in total. The van der Waals surface area contributed by atoms with Gasteiger partial charge < -0.3 is 9.47 Å². The molecule has 3 rings (SSSR count). The minimum absolute atomic E-state index is 0.169. The lowest BCUT2D eigenvalue weighted by Crippen LogP contribution is -2.27. The fourth-order valence-corrected chi connectivity index (χ4v) is 3.94. The van der Waals surface area contributed by atoms with Crippen molar-refractivity contribution in [3.8, 4) is 11.5 Å². The van der Waals surface area contributed by atoms with E-state index < -0.39 is 5.97 Å². The molecule has 29 heavy (non-hydrogen) atoms. The van der Waals surface area contributed by atoms with Crippen molar-refractivity contribution in [1.29, 1.82) is 0 Å². The molecule has 1 saturated heterocycles. The maximum atomic E-state index is 12.4. The summed E-state index contributed by atoms with van der Waals surface area (Å²) in [6.07, 6.45) is 3.34. The van der Waals surface area contributed by atoms with Crippen LogP contribution in [0.1, 0.15) is 15.9 Å². The number of ether oxygens (including phenoxy) is 2. The molecular formula is C21H16ClNO4S2. The normalized spacial score (nSPS) is 15.0. The van der Waals surface area contributed by atoms with Gasteiger partial charge in [-0.3, -0.25) is 9.69 Å². The van der Waals surface area contributed by atoms with Gasteiger partial charge in [0.05, 0.1) is 17.6 Å². The minimum atomic E-state index is -0.530. The van der Waals surface area contributed by atoms with Crippen LogP contribution >= 0.6 is 35.6 Å². The van der Waals surface area contributed by atoms with Crippen molar-refractivity contribution in [2.24, 2.45) is 0 Å². The number of thioether (sulfide) groups is 1. The van der Waals surface area contributed by atoms with Crippen molar-refractivity contribution in [1.82, 2.24) is 4.90 Å². The van der Waals surface area contributed by atoms with E-state index in [1.54, 1.807) is 54.6 Å². The Kier molecular flexibility index (Phi) is 6.74. The molecule has 0 aliphatic carbocycles. The zero-order valence-electron chi connectivity index (χ0n) is 15.4. The number of hydrogen-bond acceptors (Lipinski definition) is 6. The van der Waals surface area contributed by atoms with Crippen LogP contribution in [0.3, 0.4) is 0 Å². The highest BCUT2D eigenvalue weighted by Gasteiger charge is 2.31. The number of thiocarbonyl (C=S) groups is 1. The van der Waals surface area contributed by atoms with E-state index >= 15 is 0 Å². The Morgan fingerprint density at radius 1 is 1.24 bits per heavy atom. The molecule has 148 valence electrons. The maximum Gasteiger partial charge on any atom is 0.343 e. The number of amides is 1. The number of rotatable bonds is 6. The van der Waals surface area contributed by atoms with E-state index in [-0.39, 0.29) is 11.7 Å². The van der Waals surface area contributed by atoms with Crippen LogP contribution in [0.15, 0.2) is 60.0 Å². The molecule has 0 aromatic heterocycles. The Morgan fingerprint density at radius 3 is 2.62 bits per heavy atom. The van der Waals surface area contributed by atoms with Gasteiger partial charge in [0.2, 0.25) is 0 Å². The molecule has 0 radical (unpaired) electrons. The molecule has 1 aliphatic heterocycles. The molecule has 0 atom stereocenters. The number of carbonyl (C=O) groups excluding carboxylic acids is 2. The third-order valence-corrected chi connectivity index (χ3v) is 5.58. The molecule has 0 unspecified atom stereocenters. The highest BCUT2D eigenvalue weighted by Crippen LogP contribution is 2.35. The van der Waals surface area contributed by atoms with Crippen LogP contribution < -0.4 is 9.47 Å². The average Bonchev–Trinajstić information content (AvgIpc) is 2.97. The van der Waals surface area contributed by atoms with E-state index in [0.717, 1.165) is 0 Å². The molecular weight excluding hydrogens is 430 g/mol. The Bertz CT molecular complexity index is 1020. The van der Waals surface area contributed by atoms with E-state index in [1.807, 2.05) is 0 Å². The third kappa shape index (κ3) is 4.87. The summed E-state index contributed by atoms with van der Waals surface area (Å²) in [7, 11) is 1.47. The summed E-state index contributed by atoms with van der Waals surface area (Å²) in [6, 6.07) is 11.4. The lowest BCUT2D eigenvalue weighted by atomic mass is 10.1. The molecule has 0 saturated carbocycles. The van der Waals surface area contributed by atoms with Crippen LogP contribution in [-0.4, -0.2) is 34.8 Å². The molecule has 0 bridgehead atoms. The maximum absolute atomic E-state index is 12.4. The molecule has 2 aromatic rings. The van der Waals surface area contributed by atoms with Crippen molar-refractivity contribution in [3.05, 3.63) is 76.2 Å². The van der Waals surface area contributed by atoms with Gasteiger partial charge in [0, 0.05) is 11.6 Å². The Hall–Kier alpha value is -2.61. The zero-order chi connectivity index (χ0) is 21.0. The van der Waals surface area contributed by atoms with Gasteiger partial charge in [0.15, 0.2) is 11.5 Å². The second-order valence-corrected chi connectivity index (χ2v) is 8.00. The molecule has 1 fully saturated rings. The quantitative estimate of drug-likeness (QED) is 0.206. The highest BCUT2D eigenvalue weighted by atomic mass is 35.5. The second kappa shape index (κ2) is 9.26. The minimum Gasteiger partial charge on any atom is -0.493 e. The van der Waals surface area contributed by atoms with Crippen molar-refractivity contribution < 1.29 is 19.1 Å². The Labute approximate surface area is 182 Å². The van der Waals surface area contributed by atoms with Crippen LogP contribution in [0.5, 0.6) is 11.5 Å². The van der Waals surface area contributed by atoms with Gasteiger partial charge in [-0.25, -0.2) is 4.79 Å². The van der Waals surface area contributed by atoms with E-state index in [1.165, 1.54) is 23.8 Å². The topological polar surface area (TPSA) is 55.8 Å². The van der Waals surface area contributed by atoms with E-state index in [9.17, 15) is 9.59 Å². The Balaban J connectivity index is 1.81. The van der Waals surface area contributed by atoms with Gasteiger partial charge in [0.25, 0.3) is 5.91 Å². The summed E-state index contributed by atoms with van der Waals surface area (Å²) in [5, 5.41) is 0.530. The molecule has 8 heteroatoms. The van der Waals surface area contributed by atoms with Gasteiger partial charge in [-0.2, -0.15) is 0 Å². The van der Waals surface area contributed by atoms with Crippen LogP contribution in [-0.2, 0) is 4.79 Å². The first-order chi connectivity index (χ1) is 13.9. The number of esters is 1. The van der Waals surface area contributed by atoms with Crippen LogP contribution in [0.4, 0.5) is 0 Å². The second-order valence-electron chi connectivity index (χ2n) is 5.89. The van der Waals surface area contributed by atoms with Gasteiger partial charge in [-0.05, 0) is 48.0 Å². The van der Waals surface area contributed by atoms with Crippen molar-refractivity contribution in [3.63, 3.8) is 0 Å². The largest absolute Gasteiger partial charge is 0.493 e. The lowest BCUT2D eigenvalue weighted by molar-refractivity contribution is -0.121. The molecule has 1 heterocycles. The predicted molar refractivity (Wildman–Crippen MR) is 119 cm³/mol. The summed E-state index contributed by atoms with van der Waals surface area (Å²) in [5.41, 5.74) is 1.08. The van der Waals surface area contributed by atoms with Crippen LogP contribution in [0.25, 0.3) is 6.08 Å². The number of methoxy groups -OCH3 is 1. The van der Waals surface area contributed by atoms with Crippen LogP contribution in [0.2, 0.25) is 5.02 Å². The standard InChI is InChI=1S/C21H16ClNO4S2/c1-3-10-23-19(24)18(29-21(23)28)12-13-4-9-16(17(11-13)26-2)27-20(25)14-5-7-15(22)8-6-14/h3-9,11-12H,1,10H2,2H3.